The van der Waals surface area contributed by atoms with Gasteiger partial charge in [-0.2, -0.15) is 8.78 Å². The van der Waals surface area contributed by atoms with Crippen molar-refractivity contribution in [3.8, 4) is 5.75 Å². The van der Waals surface area contributed by atoms with E-state index in [4.69, 9.17) is 10.5 Å². The molecular weight excluding hydrogens is 506 g/mol. The fraction of sp³-hybridized carbons (Fsp3) is 0.355. The number of hydrogen-bond acceptors (Lipinski definition) is 4. The molecule has 1 atom stereocenters. The van der Waals surface area contributed by atoms with Gasteiger partial charge in [0.2, 0.25) is 0 Å². The van der Waals surface area contributed by atoms with Crippen LogP contribution in [0.1, 0.15) is 47.9 Å². The molecule has 1 aliphatic heterocycles. The van der Waals surface area contributed by atoms with Gasteiger partial charge >= 0.3 is 6.55 Å². The van der Waals surface area contributed by atoms with Gasteiger partial charge in [-0.3, -0.25) is 9.29 Å². The second-order valence-corrected chi connectivity index (χ2v) is 10.2. The molecule has 1 unspecified atom stereocenters. The molecule has 0 saturated carbocycles. The van der Waals surface area contributed by atoms with Crippen molar-refractivity contribution in [2.45, 2.75) is 44.8 Å². The lowest BCUT2D eigenvalue weighted by Gasteiger charge is -2.19. The molecule has 2 aliphatic rings. The van der Waals surface area contributed by atoms with Crippen LogP contribution in [0.2, 0.25) is 0 Å². The van der Waals surface area contributed by atoms with Gasteiger partial charge in [0.05, 0.1) is 6.67 Å². The molecule has 206 valence electrons. The smallest absolute Gasteiger partial charge is 0.312 e. The average Bonchev–Trinajstić information content (AvgIpc) is 3.27. The number of halogens is 4. The number of benzene rings is 3. The second kappa shape index (κ2) is 12.1. The van der Waals surface area contributed by atoms with Crippen molar-refractivity contribution < 1.29 is 22.3 Å². The molecule has 3 N–H and O–H groups in total. The van der Waals surface area contributed by atoms with Gasteiger partial charge in [-0.1, -0.05) is 18.2 Å². The van der Waals surface area contributed by atoms with E-state index < -0.39 is 12.4 Å². The zero-order valence-corrected chi connectivity index (χ0v) is 21.7. The number of hydrogen-bond donors (Lipinski definition) is 2. The van der Waals surface area contributed by atoms with Crippen LogP contribution in [0.4, 0.5) is 28.9 Å². The largest absolute Gasteiger partial charge is 0.489 e. The minimum Gasteiger partial charge on any atom is -0.489 e. The monoisotopic (exact) mass is 539 g/mol. The van der Waals surface area contributed by atoms with Gasteiger partial charge in [0, 0.05) is 36.6 Å². The fourth-order valence-electron chi connectivity index (χ4n) is 5.65. The van der Waals surface area contributed by atoms with E-state index in [1.807, 2.05) is 47.8 Å². The SMILES string of the molecule is Nc1ccc2c(c1)CCCC(c1ccc(NC(F)F)cc1F)=C2c1ccc(OC2CCN(CCCF)C2)cc1. The number of likely N-dealkylation sites (tertiary alicyclic amines) is 1. The number of nitrogen functional groups attached to an aromatic ring is 1. The van der Waals surface area contributed by atoms with Crippen molar-refractivity contribution in [1.82, 2.24) is 4.90 Å². The summed E-state index contributed by atoms with van der Waals surface area (Å²) in [7, 11) is 0. The third-order valence-electron chi connectivity index (χ3n) is 7.43. The summed E-state index contributed by atoms with van der Waals surface area (Å²) in [6.45, 7) is -0.662. The number of allylic oxidation sites excluding steroid dienone is 1. The Morgan fingerprint density at radius 3 is 2.54 bits per heavy atom. The Morgan fingerprint density at radius 1 is 1.00 bits per heavy atom. The van der Waals surface area contributed by atoms with E-state index in [0.29, 0.717) is 24.1 Å². The molecule has 39 heavy (non-hydrogen) atoms. The molecule has 0 radical (unpaired) electrons. The first-order valence-corrected chi connectivity index (χ1v) is 13.4. The number of aryl methyl sites for hydroxylation is 1. The second-order valence-electron chi connectivity index (χ2n) is 10.2. The number of nitrogens with zero attached hydrogens (tertiary/aromatic N) is 1. The summed E-state index contributed by atoms with van der Waals surface area (Å²) in [5, 5.41) is 1.96. The summed E-state index contributed by atoms with van der Waals surface area (Å²) in [6, 6.07) is 17.8. The minimum atomic E-state index is -2.77. The number of rotatable bonds is 9. The molecule has 0 spiro atoms. The number of alkyl halides is 3. The van der Waals surface area contributed by atoms with E-state index in [1.165, 1.54) is 6.07 Å². The molecule has 0 amide bonds. The normalized spacial score (nSPS) is 17.8. The summed E-state index contributed by atoms with van der Waals surface area (Å²) in [4.78, 5) is 2.22. The Balaban J connectivity index is 1.49. The van der Waals surface area contributed by atoms with E-state index in [-0.39, 0.29) is 18.5 Å². The molecule has 1 heterocycles. The van der Waals surface area contributed by atoms with Crippen LogP contribution in [-0.4, -0.2) is 43.9 Å². The highest BCUT2D eigenvalue weighted by molar-refractivity contribution is 6.00. The van der Waals surface area contributed by atoms with Gasteiger partial charge in [-0.25, -0.2) is 4.39 Å². The predicted octanol–water partition coefficient (Wildman–Crippen LogP) is 7.15. The van der Waals surface area contributed by atoms with E-state index in [9.17, 15) is 13.2 Å². The third-order valence-corrected chi connectivity index (χ3v) is 7.43. The molecule has 1 aliphatic carbocycles. The topological polar surface area (TPSA) is 50.5 Å². The van der Waals surface area contributed by atoms with Crippen molar-refractivity contribution in [3.63, 3.8) is 0 Å². The van der Waals surface area contributed by atoms with Crippen molar-refractivity contribution in [3.05, 3.63) is 88.7 Å². The molecule has 5 rings (SSSR count). The van der Waals surface area contributed by atoms with Gasteiger partial charge in [-0.05, 0) is 102 Å². The highest BCUT2D eigenvalue weighted by atomic mass is 19.3. The molecule has 0 bridgehead atoms. The Bertz CT molecular complexity index is 1330. The van der Waals surface area contributed by atoms with Crippen LogP contribution in [0.25, 0.3) is 11.1 Å². The van der Waals surface area contributed by atoms with Crippen LogP contribution in [0, 0.1) is 5.82 Å². The Hall–Kier alpha value is -3.52. The molecule has 4 nitrogen and oxygen atoms in total. The summed E-state index contributed by atoms with van der Waals surface area (Å²) in [5.74, 6) is 0.198. The van der Waals surface area contributed by atoms with Gasteiger partial charge in [-0.15, -0.1) is 0 Å². The predicted molar refractivity (Wildman–Crippen MR) is 148 cm³/mol. The van der Waals surface area contributed by atoms with Crippen molar-refractivity contribution in [1.29, 1.82) is 0 Å². The van der Waals surface area contributed by atoms with Crippen molar-refractivity contribution in [2.24, 2.45) is 0 Å². The molecule has 3 aromatic carbocycles. The molecule has 0 aromatic heterocycles. The number of anilines is 2. The van der Waals surface area contributed by atoms with E-state index in [2.05, 4.69) is 4.90 Å². The first kappa shape index (κ1) is 27.1. The highest BCUT2D eigenvalue weighted by Gasteiger charge is 2.25. The molecule has 3 aromatic rings. The Labute approximate surface area is 226 Å². The first-order chi connectivity index (χ1) is 18.9. The lowest BCUT2D eigenvalue weighted by molar-refractivity contribution is 0.181. The van der Waals surface area contributed by atoms with Gasteiger partial charge in [0.15, 0.2) is 0 Å². The highest BCUT2D eigenvalue weighted by Crippen LogP contribution is 2.41. The zero-order valence-electron chi connectivity index (χ0n) is 21.7. The number of fused-ring (bicyclic) bond motifs is 1. The maximum atomic E-state index is 15.4. The molecular formula is C31H33F4N3O. The van der Waals surface area contributed by atoms with Crippen LogP contribution >= 0.6 is 0 Å². The van der Waals surface area contributed by atoms with Crippen LogP contribution in [-0.2, 0) is 6.42 Å². The van der Waals surface area contributed by atoms with Crippen LogP contribution in [0.3, 0.4) is 0 Å². The maximum absolute atomic E-state index is 15.4. The molecule has 1 saturated heterocycles. The van der Waals surface area contributed by atoms with E-state index >= 15 is 4.39 Å². The summed E-state index contributed by atoms with van der Waals surface area (Å²) in [6.07, 6.45) is 3.71. The van der Waals surface area contributed by atoms with E-state index in [1.54, 1.807) is 6.07 Å². The fourth-order valence-corrected chi connectivity index (χ4v) is 5.65. The lowest BCUT2D eigenvalue weighted by Crippen LogP contribution is -2.26. The number of ether oxygens (including phenoxy) is 1. The quantitative estimate of drug-likeness (QED) is 0.172. The van der Waals surface area contributed by atoms with Gasteiger partial charge < -0.3 is 15.8 Å². The molecule has 1 fully saturated rings. The minimum absolute atomic E-state index is 0.0341. The average molecular weight is 540 g/mol. The number of nitrogens with two attached hydrogens (primary N) is 1. The Morgan fingerprint density at radius 2 is 1.79 bits per heavy atom. The van der Waals surface area contributed by atoms with Gasteiger partial charge in [0.25, 0.3) is 0 Å². The van der Waals surface area contributed by atoms with Crippen LogP contribution in [0.15, 0.2) is 60.7 Å². The Kier molecular flexibility index (Phi) is 8.41. The maximum Gasteiger partial charge on any atom is 0.312 e. The van der Waals surface area contributed by atoms with Gasteiger partial charge in [0.1, 0.15) is 17.7 Å². The molecule has 8 heteroatoms. The first-order valence-electron chi connectivity index (χ1n) is 13.4. The third kappa shape index (κ3) is 6.38. The lowest BCUT2D eigenvalue weighted by atomic mass is 9.87. The van der Waals surface area contributed by atoms with Crippen LogP contribution in [0.5, 0.6) is 5.75 Å². The summed E-state index contributed by atoms with van der Waals surface area (Å²) >= 11 is 0. The number of nitrogens with one attached hydrogen (secondary N) is 1. The van der Waals surface area contributed by atoms with Crippen LogP contribution < -0.4 is 15.8 Å². The van der Waals surface area contributed by atoms with Crippen molar-refractivity contribution >= 4 is 22.5 Å². The summed E-state index contributed by atoms with van der Waals surface area (Å²) < 4.78 is 59.7. The standard InChI is InChI=1S/C31H33F4N3O/c32-14-2-15-38-16-13-25(19-38)39-24-9-5-20(6-10-24)30-26-11-7-22(36)17-21(26)3-1-4-28(30)27-12-8-23(18-29(27)33)37-31(34)35/h5-12,17-18,25,31,37H,1-4,13-16,19,36H2. The van der Waals surface area contributed by atoms with E-state index in [0.717, 1.165) is 78.5 Å². The summed E-state index contributed by atoms with van der Waals surface area (Å²) in [5.41, 5.74) is 11.9. The zero-order chi connectivity index (χ0) is 27.4. The van der Waals surface area contributed by atoms with Crippen molar-refractivity contribution in [2.75, 3.05) is 37.4 Å².